The molecule has 0 aliphatic rings. The van der Waals surface area contributed by atoms with Crippen LogP contribution in [-0.2, 0) is 9.53 Å². The predicted octanol–water partition coefficient (Wildman–Crippen LogP) is 15.4. The predicted molar refractivity (Wildman–Crippen MR) is 289 cm³/mol. The summed E-state index contributed by atoms with van der Waals surface area (Å²) < 4.78 is 6.73. The van der Waals surface area contributed by atoms with Crippen LogP contribution in [0.1, 0.15) is 193 Å². The zero-order valence-corrected chi connectivity index (χ0v) is 45.4. The number of allylic oxidation sites excluding steroid dienone is 2. The minimum atomic E-state index is -0.420. The summed E-state index contributed by atoms with van der Waals surface area (Å²) in [5.41, 5.74) is 2.72. The van der Waals surface area contributed by atoms with E-state index in [1.165, 1.54) is 24.8 Å². The number of nitrogens with zero attached hydrogens (tertiary/aromatic N) is 1. The lowest BCUT2D eigenvalue weighted by atomic mass is 9.44. The molecular weight excluding hydrogens is 849 g/mol. The van der Waals surface area contributed by atoms with E-state index in [-0.39, 0.29) is 49.8 Å². The molecule has 8 heteroatoms. The maximum absolute atomic E-state index is 13.3. The number of amides is 1. The Kier molecular flexibility index (Phi) is 22.1. The summed E-state index contributed by atoms with van der Waals surface area (Å²) in [5, 5.41) is 12.8. The zero-order chi connectivity index (χ0) is 51.2. The molecule has 67 heavy (non-hydrogen) atoms. The fourth-order valence-corrected chi connectivity index (χ4v) is 10.0. The molecule has 2 aromatic rings. The number of aliphatic hydroxyl groups excluding tert-OH is 1. The van der Waals surface area contributed by atoms with Crippen molar-refractivity contribution in [2.45, 2.75) is 166 Å². The van der Waals surface area contributed by atoms with Crippen LogP contribution in [0.5, 0.6) is 0 Å². The lowest BCUT2D eigenvalue weighted by Crippen LogP contribution is -2.52. The van der Waals surface area contributed by atoms with Gasteiger partial charge in [-0.15, -0.1) is 0 Å². The molecule has 4 atom stereocenters. The third-order valence-corrected chi connectivity index (χ3v) is 16.7. The number of aldehydes is 1. The van der Waals surface area contributed by atoms with E-state index in [0.717, 1.165) is 49.7 Å². The number of benzene rings is 2. The molecule has 0 radical (unpaired) electrons. The van der Waals surface area contributed by atoms with E-state index >= 15 is 0 Å². The van der Waals surface area contributed by atoms with Gasteiger partial charge in [0.25, 0.3) is 5.91 Å². The first-order valence-electron chi connectivity index (χ1n) is 24.9. The maximum atomic E-state index is 13.3. The molecule has 2 aromatic carbocycles. The molecule has 0 saturated carbocycles. The molecular formula is C59H92N2O5S. The fourth-order valence-electron chi connectivity index (χ4n) is 9.89. The Morgan fingerprint density at radius 1 is 0.776 bits per heavy atom. The molecule has 0 aliphatic heterocycles. The Labute approximate surface area is 414 Å². The van der Waals surface area contributed by atoms with Crippen molar-refractivity contribution in [1.29, 1.82) is 0 Å². The van der Waals surface area contributed by atoms with Crippen LogP contribution in [0, 0.1) is 38.4 Å². The van der Waals surface area contributed by atoms with Crippen LogP contribution in [0.2, 0.25) is 0 Å². The molecule has 0 fully saturated rings. The van der Waals surface area contributed by atoms with Gasteiger partial charge in [-0.25, -0.2) is 0 Å². The molecule has 0 aliphatic carbocycles. The number of nitrogens with one attached hydrogen (secondary N) is 1. The topological polar surface area (TPSA) is 95.9 Å². The first-order chi connectivity index (χ1) is 31.0. The first-order valence-corrected chi connectivity index (χ1v) is 25.4. The fraction of sp³-hybridized carbons (Fsp3) is 0.610. The van der Waals surface area contributed by atoms with Crippen LogP contribution in [0.4, 0.5) is 0 Å². The van der Waals surface area contributed by atoms with Crippen molar-refractivity contribution in [2.24, 2.45) is 38.4 Å². The number of aliphatic hydroxyl groups is 1. The highest BCUT2D eigenvalue weighted by Crippen LogP contribution is 2.65. The molecule has 0 aromatic heterocycles. The van der Waals surface area contributed by atoms with Crippen molar-refractivity contribution in [3.8, 4) is 0 Å². The number of hydrogen-bond donors (Lipinski definition) is 3. The maximum Gasteiger partial charge on any atom is 0.252 e. The number of ether oxygens (including phenoxy) is 1. The molecule has 1 amide bonds. The van der Waals surface area contributed by atoms with Crippen molar-refractivity contribution < 1.29 is 24.2 Å². The molecule has 0 bridgehead atoms. The number of ketones is 1. The van der Waals surface area contributed by atoms with Crippen LogP contribution in [0.15, 0.2) is 86.2 Å². The van der Waals surface area contributed by atoms with Crippen molar-refractivity contribution in [3.63, 3.8) is 0 Å². The van der Waals surface area contributed by atoms with E-state index in [1.807, 2.05) is 25.1 Å². The van der Waals surface area contributed by atoms with Gasteiger partial charge in [-0.3, -0.25) is 14.4 Å². The van der Waals surface area contributed by atoms with Gasteiger partial charge in [-0.1, -0.05) is 184 Å². The highest BCUT2D eigenvalue weighted by Gasteiger charge is 2.57. The van der Waals surface area contributed by atoms with E-state index in [0.29, 0.717) is 67.4 Å². The van der Waals surface area contributed by atoms with Gasteiger partial charge >= 0.3 is 0 Å². The summed E-state index contributed by atoms with van der Waals surface area (Å²) in [7, 11) is 0. The molecule has 0 saturated heterocycles. The number of rotatable bonds is 31. The minimum absolute atomic E-state index is 0.0681. The van der Waals surface area contributed by atoms with Crippen molar-refractivity contribution in [2.75, 3.05) is 26.2 Å². The Hall–Kier alpha value is -4.04. The van der Waals surface area contributed by atoms with E-state index in [1.54, 1.807) is 30.3 Å². The average Bonchev–Trinajstić information content (AvgIpc) is 3.25. The second-order valence-electron chi connectivity index (χ2n) is 22.8. The van der Waals surface area contributed by atoms with E-state index < -0.39 is 5.41 Å². The second kappa shape index (κ2) is 25.0. The number of carbonyl (C=O) groups is 3. The third kappa shape index (κ3) is 15.2. The quantitative estimate of drug-likeness (QED) is 0.0229. The summed E-state index contributed by atoms with van der Waals surface area (Å²) in [6, 6.07) is 14.2. The lowest BCUT2D eigenvalue weighted by molar-refractivity contribution is -0.118. The van der Waals surface area contributed by atoms with Gasteiger partial charge in [-0.2, -0.15) is 12.6 Å². The molecule has 4 unspecified atom stereocenters. The number of unbranched alkanes of at least 4 members (excludes halogenated alkanes) is 2. The van der Waals surface area contributed by atoms with E-state index in [2.05, 4.69) is 133 Å². The number of hydrogen-bond acceptors (Lipinski definition) is 7. The highest BCUT2D eigenvalue weighted by atomic mass is 32.1. The second-order valence-corrected chi connectivity index (χ2v) is 23.5. The van der Waals surface area contributed by atoms with Crippen LogP contribution in [-0.4, -0.2) is 59.5 Å². The Morgan fingerprint density at radius 3 is 1.90 bits per heavy atom. The summed E-state index contributed by atoms with van der Waals surface area (Å²) in [5.74, 6) is 1.01. The summed E-state index contributed by atoms with van der Waals surface area (Å²) >= 11 is 4.38. The Bertz CT molecular complexity index is 2020. The molecule has 0 spiro atoms. The molecule has 374 valence electrons. The van der Waals surface area contributed by atoms with Gasteiger partial charge in [0.15, 0.2) is 6.29 Å². The van der Waals surface area contributed by atoms with Gasteiger partial charge in [0, 0.05) is 53.9 Å². The monoisotopic (exact) mass is 941 g/mol. The van der Waals surface area contributed by atoms with E-state index in [4.69, 9.17) is 11.3 Å². The normalized spacial score (nSPS) is 15.0. The van der Waals surface area contributed by atoms with Gasteiger partial charge in [0.2, 0.25) is 0 Å². The van der Waals surface area contributed by atoms with E-state index in [9.17, 15) is 19.5 Å². The van der Waals surface area contributed by atoms with Crippen LogP contribution >= 0.6 is 12.6 Å². The van der Waals surface area contributed by atoms with Crippen molar-refractivity contribution in [1.82, 2.24) is 10.2 Å². The molecule has 2 N–H and O–H groups in total. The summed E-state index contributed by atoms with van der Waals surface area (Å²) in [4.78, 5) is 39.9. The number of carbonyl (C=O) groups excluding carboxylic acids is 3. The Balaban J connectivity index is 2.41. The minimum Gasteiger partial charge on any atom is -0.508 e. The molecule has 7 nitrogen and oxygen atoms in total. The molecule has 2 rings (SSSR count). The molecule has 0 heterocycles. The van der Waals surface area contributed by atoms with Gasteiger partial charge in [0.05, 0.1) is 23.2 Å². The smallest absolute Gasteiger partial charge is 0.252 e. The van der Waals surface area contributed by atoms with Crippen molar-refractivity contribution >= 4 is 42.1 Å². The standard InChI is InChI=1S/C59H92N2O5S/c1-19-20-28-42(2)55(11,12)40-58(17,43(3)29-21-26-34-52(64)46(6)67)57(15,16)56(13,14)41-59(18,54(8,9)10)47(7)66-38-27-36-61(44(4)49-31-23-22-30-48(49)39-62)37-35-60-53(65)51-33-25-24-32-50(51)45(5)63/h22-25,30-33,39,42,46,63,67H,3-5,7,19-21,26-29,34-38,40-41H2,1-2,6,8-18H3,(H,60,65). The van der Waals surface area contributed by atoms with Crippen LogP contribution < -0.4 is 5.32 Å². The lowest BCUT2D eigenvalue weighted by Gasteiger charge is -2.60. The summed E-state index contributed by atoms with van der Waals surface area (Å²) in [6.45, 7) is 52.1. The van der Waals surface area contributed by atoms with Gasteiger partial charge in [0.1, 0.15) is 11.5 Å². The third-order valence-electron chi connectivity index (χ3n) is 16.4. The number of thiol groups is 1. The zero-order valence-electron chi connectivity index (χ0n) is 44.6. The SMILES string of the molecule is C=C(O)c1ccccc1C(=O)NCCN(CCCOC(=C)C(C)(CC(C)(C)C(C)(C)C(C)(CC(C)(C)C(C)CCCC)C(=C)CCCCC(=O)C(C)S)C(C)(C)C)C(=C)c1ccccc1C=O. The Morgan fingerprint density at radius 2 is 1.34 bits per heavy atom. The number of Topliss-reactive ketones (excluding diaryl/α,β-unsaturated/α-hetero) is 1. The highest BCUT2D eigenvalue weighted by molar-refractivity contribution is 7.81. The van der Waals surface area contributed by atoms with Crippen LogP contribution in [0.3, 0.4) is 0 Å². The largest absolute Gasteiger partial charge is 0.508 e. The van der Waals surface area contributed by atoms with Gasteiger partial charge in [-0.05, 0) is 84.5 Å². The first kappa shape index (κ1) is 59.1. The summed E-state index contributed by atoms with van der Waals surface area (Å²) in [6.07, 6.45) is 10.1. The average molecular weight is 941 g/mol. The van der Waals surface area contributed by atoms with Crippen LogP contribution in [0.25, 0.3) is 11.5 Å². The van der Waals surface area contributed by atoms with Gasteiger partial charge < -0.3 is 20.1 Å². The van der Waals surface area contributed by atoms with Crippen molar-refractivity contribution in [3.05, 3.63) is 108 Å².